The summed E-state index contributed by atoms with van der Waals surface area (Å²) >= 11 is 3.12. The predicted octanol–water partition coefficient (Wildman–Crippen LogP) is 0.0130. The van der Waals surface area contributed by atoms with Gasteiger partial charge in [-0.15, -0.1) is 10.2 Å². The Kier molecular flexibility index (Phi) is 3.41. The number of rotatable bonds is 3. The van der Waals surface area contributed by atoms with Gasteiger partial charge in [0.1, 0.15) is 6.61 Å². The summed E-state index contributed by atoms with van der Waals surface area (Å²) in [6, 6.07) is -0.0955. The first-order chi connectivity index (χ1) is 8.06. The number of ether oxygens (including phenoxy) is 1. The molecule has 2 heterocycles. The Balaban J connectivity index is 1.89. The molecule has 0 unspecified atom stereocenters. The van der Waals surface area contributed by atoms with Crippen molar-refractivity contribution in [2.45, 2.75) is 18.9 Å². The summed E-state index contributed by atoms with van der Waals surface area (Å²) in [6.07, 6.45) is 1.17. The molecule has 2 rings (SSSR count). The second-order valence-corrected chi connectivity index (χ2v) is 4.48. The lowest BCUT2D eigenvalue weighted by Gasteiger charge is -2.09. The molecule has 1 saturated heterocycles. The van der Waals surface area contributed by atoms with Gasteiger partial charge in [-0.2, -0.15) is 4.80 Å². The van der Waals surface area contributed by atoms with Gasteiger partial charge in [0.15, 0.2) is 4.60 Å². The van der Waals surface area contributed by atoms with Gasteiger partial charge in [-0.05, 0) is 22.4 Å². The summed E-state index contributed by atoms with van der Waals surface area (Å²) < 4.78 is 5.40. The Labute approximate surface area is 106 Å². The van der Waals surface area contributed by atoms with Crippen molar-refractivity contribution in [2.75, 3.05) is 6.61 Å². The van der Waals surface area contributed by atoms with Gasteiger partial charge in [-0.3, -0.25) is 4.79 Å². The second-order valence-electron chi connectivity index (χ2n) is 3.73. The summed E-state index contributed by atoms with van der Waals surface area (Å²) in [5.74, 6) is -0.558. The molecule has 0 radical (unpaired) electrons. The molecule has 0 bridgehead atoms. The van der Waals surface area contributed by atoms with Crippen molar-refractivity contribution in [3.8, 4) is 0 Å². The molecule has 1 fully saturated rings. The first-order valence-corrected chi connectivity index (χ1v) is 5.89. The number of carbonyl (C=O) groups is 2. The zero-order valence-electron chi connectivity index (χ0n) is 9.14. The van der Waals surface area contributed by atoms with Crippen LogP contribution >= 0.6 is 15.9 Å². The van der Waals surface area contributed by atoms with Crippen molar-refractivity contribution in [3.05, 3.63) is 10.3 Å². The van der Waals surface area contributed by atoms with Gasteiger partial charge in [0.25, 0.3) is 0 Å². The molecule has 7 nitrogen and oxygen atoms in total. The average Bonchev–Trinajstić information content (AvgIpc) is 2.81. The molecular weight excluding hydrogens is 292 g/mol. The number of hydrogen-bond acceptors (Lipinski definition) is 5. The standard InChI is InChI=1S/C9H11BrN4O3/c1-14-12-7(8(10)13-14)9(16)17-4-5-2-3-6(15)11-5/h5H,2-4H2,1H3,(H,11,15)/t5-/m1/s1. The van der Waals surface area contributed by atoms with Crippen LogP contribution in [0.15, 0.2) is 4.60 Å². The van der Waals surface area contributed by atoms with E-state index in [0.717, 1.165) is 0 Å². The van der Waals surface area contributed by atoms with Crippen LogP contribution in [0.3, 0.4) is 0 Å². The fourth-order valence-corrected chi connectivity index (χ4v) is 2.03. The van der Waals surface area contributed by atoms with Crippen molar-refractivity contribution in [2.24, 2.45) is 7.05 Å². The Morgan fingerprint density at radius 1 is 1.65 bits per heavy atom. The van der Waals surface area contributed by atoms with E-state index in [2.05, 4.69) is 31.4 Å². The third kappa shape index (κ3) is 2.82. The Bertz CT molecular complexity index is 459. The fraction of sp³-hybridized carbons (Fsp3) is 0.556. The zero-order chi connectivity index (χ0) is 12.4. The summed E-state index contributed by atoms with van der Waals surface area (Å²) in [5, 5.41) is 10.5. The molecule has 8 heteroatoms. The van der Waals surface area contributed by atoms with Gasteiger partial charge in [0, 0.05) is 13.5 Å². The lowest BCUT2D eigenvalue weighted by atomic mass is 10.2. The average molecular weight is 303 g/mol. The predicted molar refractivity (Wildman–Crippen MR) is 60.2 cm³/mol. The summed E-state index contributed by atoms with van der Waals surface area (Å²) in [4.78, 5) is 23.9. The Hall–Kier alpha value is -1.44. The minimum absolute atomic E-state index is 0.00766. The van der Waals surface area contributed by atoms with Crippen molar-refractivity contribution < 1.29 is 14.3 Å². The van der Waals surface area contributed by atoms with E-state index in [0.29, 0.717) is 17.4 Å². The Morgan fingerprint density at radius 2 is 2.41 bits per heavy atom. The number of amides is 1. The van der Waals surface area contributed by atoms with Gasteiger partial charge in [0.05, 0.1) is 6.04 Å². The summed E-state index contributed by atoms with van der Waals surface area (Å²) in [7, 11) is 1.61. The van der Waals surface area contributed by atoms with Crippen molar-refractivity contribution in [1.82, 2.24) is 20.3 Å². The number of nitrogens with one attached hydrogen (secondary N) is 1. The van der Waals surface area contributed by atoms with E-state index in [1.807, 2.05) is 0 Å². The monoisotopic (exact) mass is 302 g/mol. The molecule has 1 aromatic rings. The van der Waals surface area contributed by atoms with Crippen LogP contribution in [0.5, 0.6) is 0 Å². The van der Waals surface area contributed by atoms with Gasteiger partial charge in [-0.1, -0.05) is 0 Å². The number of hydrogen-bond donors (Lipinski definition) is 1. The number of halogens is 1. The van der Waals surface area contributed by atoms with Crippen LogP contribution in [-0.2, 0) is 16.6 Å². The van der Waals surface area contributed by atoms with E-state index in [1.165, 1.54) is 4.80 Å². The van der Waals surface area contributed by atoms with E-state index in [1.54, 1.807) is 7.05 Å². The third-order valence-electron chi connectivity index (χ3n) is 2.37. The maximum absolute atomic E-state index is 11.6. The molecule has 0 saturated carbocycles. The minimum atomic E-state index is -0.550. The molecule has 1 N–H and O–H groups in total. The highest BCUT2D eigenvalue weighted by Crippen LogP contribution is 2.13. The van der Waals surface area contributed by atoms with Crippen LogP contribution in [0.1, 0.15) is 23.3 Å². The first kappa shape index (κ1) is 12.0. The molecule has 0 aliphatic carbocycles. The maximum Gasteiger partial charge on any atom is 0.361 e. The summed E-state index contributed by atoms with van der Waals surface area (Å²) in [6.45, 7) is 0.160. The van der Waals surface area contributed by atoms with E-state index in [-0.39, 0.29) is 24.2 Å². The molecular formula is C9H11BrN4O3. The minimum Gasteiger partial charge on any atom is -0.459 e. The third-order valence-corrected chi connectivity index (χ3v) is 2.90. The second kappa shape index (κ2) is 4.82. The lowest BCUT2D eigenvalue weighted by Crippen LogP contribution is -2.30. The number of nitrogens with zero attached hydrogens (tertiary/aromatic N) is 3. The van der Waals surface area contributed by atoms with Gasteiger partial charge < -0.3 is 10.1 Å². The van der Waals surface area contributed by atoms with Crippen LogP contribution < -0.4 is 5.32 Å². The van der Waals surface area contributed by atoms with Crippen molar-refractivity contribution in [3.63, 3.8) is 0 Å². The van der Waals surface area contributed by atoms with Gasteiger partial charge in [-0.25, -0.2) is 4.79 Å². The van der Waals surface area contributed by atoms with Gasteiger partial charge >= 0.3 is 5.97 Å². The molecule has 17 heavy (non-hydrogen) atoms. The molecule has 0 aromatic carbocycles. The Morgan fingerprint density at radius 3 is 2.94 bits per heavy atom. The van der Waals surface area contributed by atoms with Gasteiger partial charge in [0.2, 0.25) is 11.6 Å². The quantitative estimate of drug-likeness (QED) is 0.795. The van der Waals surface area contributed by atoms with Crippen molar-refractivity contribution >= 4 is 27.8 Å². The molecule has 1 aromatic heterocycles. The topological polar surface area (TPSA) is 86.1 Å². The smallest absolute Gasteiger partial charge is 0.361 e. The lowest BCUT2D eigenvalue weighted by molar-refractivity contribution is -0.119. The largest absolute Gasteiger partial charge is 0.459 e. The zero-order valence-corrected chi connectivity index (χ0v) is 10.7. The highest BCUT2D eigenvalue weighted by molar-refractivity contribution is 9.10. The van der Waals surface area contributed by atoms with Crippen LogP contribution in [-0.4, -0.2) is 39.5 Å². The van der Waals surface area contributed by atoms with E-state index >= 15 is 0 Å². The molecule has 1 aliphatic rings. The van der Waals surface area contributed by atoms with E-state index in [9.17, 15) is 9.59 Å². The number of esters is 1. The molecule has 1 amide bonds. The SMILES string of the molecule is Cn1nc(Br)c(C(=O)OC[C@H]2CCC(=O)N2)n1. The normalized spacial score (nSPS) is 19.2. The van der Waals surface area contributed by atoms with E-state index < -0.39 is 5.97 Å². The molecule has 0 spiro atoms. The van der Waals surface area contributed by atoms with Crippen molar-refractivity contribution in [1.29, 1.82) is 0 Å². The van der Waals surface area contributed by atoms with Crippen LogP contribution in [0.2, 0.25) is 0 Å². The fourth-order valence-electron chi connectivity index (χ4n) is 1.55. The first-order valence-electron chi connectivity index (χ1n) is 5.09. The number of carbonyl (C=O) groups excluding carboxylic acids is 2. The van der Waals surface area contributed by atoms with Crippen LogP contribution in [0.4, 0.5) is 0 Å². The molecule has 1 aliphatic heterocycles. The summed E-state index contributed by atoms with van der Waals surface area (Å²) in [5.41, 5.74) is 0.136. The highest BCUT2D eigenvalue weighted by Gasteiger charge is 2.24. The maximum atomic E-state index is 11.6. The molecule has 1 atom stereocenters. The number of aromatic nitrogens is 3. The van der Waals surface area contributed by atoms with E-state index in [4.69, 9.17) is 4.74 Å². The highest BCUT2D eigenvalue weighted by atomic mass is 79.9. The number of aryl methyl sites for hydroxylation is 1. The molecule has 92 valence electrons. The van der Waals surface area contributed by atoms with Crippen LogP contribution in [0.25, 0.3) is 0 Å². The van der Waals surface area contributed by atoms with Crippen LogP contribution in [0, 0.1) is 0 Å².